The predicted octanol–water partition coefficient (Wildman–Crippen LogP) is 3.43. The Hall–Kier alpha value is -2.00. The van der Waals surface area contributed by atoms with Crippen LogP contribution in [0.5, 0.6) is 0 Å². The molecule has 3 rings (SSSR count). The Bertz CT molecular complexity index is 1080. The summed E-state index contributed by atoms with van der Waals surface area (Å²) < 4.78 is 53.8. The van der Waals surface area contributed by atoms with Crippen molar-refractivity contribution in [1.82, 2.24) is 4.72 Å². The van der Waals surface area contributed by atoms with E-state index in [4.69, 9.17) is 0 Å². The minimum atomic E-state index is -3.71. The first kappa shape index (κ1) is 20.7. The highest BCUT2D eigenvalue weighted by atomic mass is 32.2. The molecule has 0 aliphatic rings. The number of sulfone groups is 1. The highest BCUT2D eigenvalue weighted by Gasteiger charge is 2.31. The van der Waals surface area contributed by atoms with Crippen molar-refractivity contribution in [3.8, 4) is 0 Å². The summed E-state index contributed by atoms with van der Waals surface area (Å²) in [4.78, 5) is 0. The van der Waals surface area contributed by atoms with Gasteiger partial charge in [-0.05, 0) is 29.0 Å². The van der Waals surface area contributed by atoms with Crippen molar-refractivity contribution in [3.63, 3.8) is 0 Å². The Morgan fingerprint density at radius 2 is 1.46 bits per heavy atom. The molecular formula is C20H21NO4S3. The van der Waals surface area contributed by atoms with Crippen LogP contribution in [0.1, 0.15) is 16.4 Å². The Balaban J connectivity index is 1.77. The van der Waals surface area contributed by atoms with Gasteiger partial charge in [0.15, 0.2) is 9.84 Å². The lowest BCUT2D eigenvalue weighted by Gasteiger charge is -2.18. The van der Waals surface area contributed by atoms with E-state index >= 15 is 0 Å². The third kappa shape index (κ3) is 5.29. The Labute approximate surface area is 170 Å². The number of hydrogen-bond acceptors (Lipinski definition) is 5. The third-order valence-electron chi connectivity index (χ3n) is 4.31. The summed E-state index contributed by atoms with van der Waals surface area (Å²) in [6, 6.07) is 21.2. The molecule has 5 nitrogen and oxygen atoms in total. The molecular weight excluding hydrogens is 414 g/mol. The monoisotopic (exact) mass is 435 g/mol. The first-order valence-electron chi connectivity index (χ1n) is 8.72. The van der Waals surface area contributed by atoms with E-state index in [0.29, 0.717) is 12.0 Å². The van der Waals surface area contributed by atoms with Crippen LogP contribution in [0.15, 0.2) is 82.4 Å². The standard InChI is InChI=1S/C20H21NO4S3/c22-27(23,15-13-17-8-3-1-4-9-17)21-16-19(18-10-5-2-6-11-18)28(24,25)20-12-7-14-26-20/h1-12,14,19,21H,13,15-16H2. The topological polar surface area (TPSA) is 80.3 Å². The van der Waals surface area contributed by atoms with Gasteiger partial charge in [0.25, 0.3) is 0 Å². The molecule has 1 N–H and O–H groups in total. The fourth-order valence-electron chi connectivity index (χ4n) is 2.81. The van der Waals surface area contributed by atoms with Crippen molar-refractivity contribution in [2.24, 2.45) is 0 Å². The molecule has 1 aromatic heterocycles. The molecule has 0 bridgehead atoms. The quantitative estimate of drug-likeness (QED) is 0.558. The van der Waals surface area contributed by atoms with Gasteiger partial charge in [-0.2, -0.15) is 0 Å². The van der Waals surface area contributed by atoms with Crippen LogP contribution in [0.2, 0.25) is 0 Å². The lowest BCUT2D eigenvalue weighted by Crippen LogP contribution is -2.33. The maximum absolute atomic E-state index is 13.1. The summed E-state index contributed by atoms with van der Waals surface area (Å²) >= 11 is 1.13. The second-order valence-corrected chi connectivity index (χ2v) is 11.5. The summed E-state index contributed by atoms with van der Waals surface area (Å²) in [5.74, 6) is -0.0996. The van der Waals surface area contributed by atoms with Crippen LogP contribution in [-0.2, 0) is 26.3 Å². The predicted molar refractivity (Wildman–Crippen MR) is 113 cm³/mol. The minimum Gasteiger partial charge on any atom is -0.222 e. The first-order chi connectivity index (χ1) is 13.4. The Morgan fingerprint density at radius 1 is 0.821 bits per heavy atom. The van der Waals surface area contributed by atoms with Gasteiger partial charge < -0.3 is 0 Å². The van der Waals surface area contributed by atoms with Gasteiger partial charge in [0, 0.05) is 6.54 Å². The smallest absolute Gasteiger partial charge is 0.211 e. The number of nitrogens with one attached hydrogen (secondary N) is 1. The molecule has 8 heteroatoms. The average molecular weight is 436 g/mol. The van der Waals surface area contributed by atoms with Gasteiger partial charge >= 0.3 is 0 Å². The molecule has 1 atom stereocenters. The summed E-state index contributed by atoms with van der Waals surface area (Å²) in [7, 11) is -7.33. The van der Waals surface area contributed by atoms with Gasteiger partial charge in [-0.25, -0.2) is 21.6 Å². The number of rotatable bonds is 9. The van der Waals surface area contributed by atoms with E-state index in [1.54, 1.807) is 47.8 Å². The Morgan fingerprint density at radius 3 is 2.07 bits per heavy atom. The first-order valence-corrected chi connectivity index (χ1v) is 12.8. The van der Waals surface area contributed by atoms with Crippen LogP contribution in [0.3, 0.4) is 0 Å². The van der Waals surface area contributed by atoms with Crippen molar-refractivity contribution in [2.75, 3.05) is 12.3 Å². The lowest BCUT2D eigenvalue weighted by atomic mass is 10.1. The molecule has 0 aliphatic heterocycles. The van der Waals surface area contributed by atoms with Crippen LogP contribution in [-0.4, -0.2) is 29.1 Å². The fraction of sp³-hybridized carbons (Fsp3) is 0.200. The van der Waals surface area contributed by atoms with Crippen LogP contribution in [0, 0.1) is 0 Å². The van der Waals surface area contributed by atoms with Crippen molar-refractivity contribution in [1.29, 1.82) is 0 Å². The molecule has 0 aliphatic carbocycles. The van der Waals surface area contributed by atoms with Crippen molar-refractivity contribution in [3.05, 3.63) is 89.3 Å². The largest absolute Gasteiger partial charge is 0.222 e. The van der Waals surface area contributed by atoms with Gasteiger partial charge in [-0.3, -0.25) is 0 Å². The fourth-order valence-corrected chi connectivity index (χ4v) is 6.85. The van der Waals surface area contributed by atoms with E-state index in [9.17, 15) is 16.8 Å². The molecule has 0 fully saturated rings. The highest BCUT2D eigenvalue weighted by molar-refractivity contribution is 7.93. The van der Waals surface area contributed by atoms with Gasteiger partial charge in [-0.15, -0.1) is 11.3 Å². The lowest BCUT2D eigenvalue weighted by molar-refractivity contribution is 0.569. The summed E-state index contributed by atoms with van der Waals surface area (Å²) in [6.07, 6.45) is 0.365. The second-order valence-electron chi connectivity index (χ2n) is 6.28. The molecule has 3 aromatic rings. The van der Waals surface area contributed by atoms with E-state index in [1.165, 1.54) is 0 Å². The molecule has 28 heavy (non-hydrogen) atoms. The third-order valence-corrected chi connectivity index (χ3v) is 9.19. The van der Waals surface area contributed by atoms with E-state index < -0.39 is 25.1 Å². The minimum absolute atomic E-state index is 0.0996. The summed E-state index contributed by atoms with van der Waals surface area (Å²) in [5.41, 5.74) is 1.47. The normalized spacial score (nSPS) is 13.3. The van der Waals surface area contributed by atoms with Crippen molar-refractivity contribution in [2.45, 2.75) is 15.9 Å². The zero-order valence-corrected chi connectivity index (χ0v) is 17.5. The molecule has 0 amide bonds. The number of benzene rings is 2. The maximum atomic E-state index is 13.1. The average Bonchev–Trinajstić information content (AvgIpc) is 3.24. The second kappa shape index (κ2) is 9.00. The van der Waals surface area contributed by atoms with Crippen molar-refractivity contribution < 1.29 is 16.8 Å². The number of hydrogen-bond donors (Lipinski definition) is 1. The molecule has 0 saturated carbocycles. The van der Waals surface area contributed by atoms with Crippen LogP contribution < -0.4 is 4.72 Å². The molecule has 0 radical (unpaired) electrons. The van der Waals surface area contributed by atoms with Crippen molar-refractivity contribution >= 4 is 31.2 Å². The zero-order chi connectivity index (χ0) is 20.0. The number of sulfonamides is 1. The summed E-state index contributed by atoms with van der Waals surface area (Å²) in [5, 5.41) is 0.706. The van der Waals surface area contributed by atoms with Gasteiger partial charge in [-0.1, -0.05) is 66.7 Å². The van der Waals surface area contributed by atoms with Gasteiger partial charge in [0.1, 0.15) is 9.46 Å². The molecule has 2 aromatic carbocycles. The number of aryl methyl sites for hydroxylation is 1. The molecule has 0 spiro atoms. The van der Waals surface area contributed by atoms with Crippen LogP contribution in [0.4, 0.5) is 0 Å². The summed E-state index contributed by atoms with van der Waals surface area (Å²) in [6.45, 7) is -0.207. The van der Waals surface area contributed by atoms with Gasteiger partial charge in [0.2, 0.25) is 10.0 Å². The van der Waals surface area contributed by atoms with E-state index in [-0.39, 0.29) is 16.5 Å². The molecule has 1 heterocycles. The molecule has 0 saturated heterocycles. The van der Waals surface area contributed by atoms with E-state index in [1.807, 2.05) is 30.3 Å². The SMILES string of the molecule is O=S(=O)(CCc1ccccc1)NCC(c1ccccc1)S(=O)(=O)c1cccs1. The zero-order valence-electron chi connectivity index (χ0n) is 15.1. The van der Waals surface area contributed by atoms with E-state index in [0.717, 1.165) is 16.9 Å². The van der Waals surface area contributed by atoms with Gasteiger partial charge in [0.05, 0.1) is 5.75 Å². The Kier molecular flexibility index (Phi) is 6.66. The number of thiophene rings is 1. The molecule has 1 unspecified atom stereocenters. The van der Waals surface area contributed by atoms with Crippen LogP contribution in [0.25, 0.3) is 0 Å². The van der Waals surface area contributed by atoms with E-state index in [2.05, 4.69) is 4.72 Å². The molecule has 148 valence electrons. The maximum Gasteiger partial charge on any atom is 0.211 e. The van der Waals surface area contributed by atoms with Crippen LogP contribution >= 0.6 is 11.3 Å². The highest BCUT2D eigenvalue weighted by Crippen LogP contribution is 2.31.